The van der Waals surface area contributed by atoms with E-state index < -0.39 is 11.5 Å². The van der Waals surface area contributed by atoms with Crippen LogP contribution in [0.2, 0.25) is 0 Å². The molecule has 14 heavy (non-hydrogen) atoms. The fourth-order valence-corrected chi connectivity index (χ4v) is 1.68. The van der Waals surface area contributed by atoms with Crippen LogP contribution in [0.1, 0.15) is 12.8 Å². The topological polar surface area (TPSA) is 77.2 Å². The summed E-state index contributed by atoms with van der Waals surface area (Å²) in [4.78, 5) is 15.0. The molecule has 1 aliphatic rings. The van der Waals surface area contributed by atoms with E-state index in [1.54, 1.807) is 0 Å². The van der Waals surface area contributed by atoms with E-state index in [1.165, 1.54) is 17.3 Å². The molecule has 2 rings (SSSR count). The molecular weight excluding hydrogens is 186 g/mol. The minimum absolute atomic E-state index is 0.436. The number of hydrogen-bond donors (Lipinski definition) is 1. The van der Waals surface area contributed by atoms with Crippen molar-refractivity contribution in [1.82, 2.24) is 14.8 Å². The highest BCUT2D eigenvalue weighted by Crippen LogP contribution is 2.28. The lowest BCUT2D eigenvalue weighted by molar-refractivity contribution is -0.153. The number of carbonyl (C=O) groups is 1. The zero-order chi connectivity index (χ0) is 10.0. The summed E-state index contributed by atoms with van der Waals surface area (Å²) < 4.78 is 6.56. The lowest BCUT2D eigenvalue weighted by Gasteiger charge is -2.32. The number of nitrogens with zero attached hydrogens (tertiary/aromatic N) is 3. The second-order valence-corrected chi connectivity index (χ2v) is 3.29. The largest absolute Gasteiger partial charge is 0.479 e. The lowest BCUT2D eigenvalue weighted by atomic mass is 9.90. The van der Waals surface area contributed by atoms with Crippen LogP contribution in [0.5, 0.6) is 0 Å². The quantitative estimate of drug-likeness (QED) is 0.714. The Hall–Kier alpha value is -1.43. The molecule has 6 nitrogen and oxygen atoms in total. The predicted octanol–water partition coefficient (Wildman–Crippen LogP) is -0.132. The van der Waals surface area contributed by atoms with Crippen LogP contribution < -0.4 is 0 Å². The van der Waals surface area contributed by atoms with Crippen LogP contribution >= 0.6 is 0 Å². The van der Waals surface area contributed by atoms with Gasteiger partial charge in [0.05, 0.1) is 0 Å². The van der Waals surface area contributed by atoms with Crippen LogP contribution in [0, 0.1) is 0 Å². The van der Waals surface area contributed by atoms with Crippen LogP contribution in [-0.4, -0.2) is 39.1 Å². The molecule has 1 aliphatic heterocycles. The summed E-state index contributed by atoms with van der Waals surface area (Å²) >= 11 is 0. The number of aliphatic carboxylic acids is 1. The summed E-state index contributed by atoms with van der Waals surface area (Å²) in [7, 11) is 0. The summed E-state index contributed by atoms with van der Waals surface area (Å²) in [5.41, 5.74) is -0.964. The first-order valence-corrected chi connectivity index (χ1v) is 4.42. The normalized spacial score (nSPS) is 20.6. The number of aromatic nitrogens is 3. The lowest BCUT2D eigenvalue weighted by Crippen LogP contribution is -2.46. The third-order valence-electron chi connectivity index (χ3n) is 2.58. The van der Waals surface area contributed by atoms with E-state index in [0.29, 0.717) is 26.1 Å². The average Bonchev–Trinajstić information content (AvgIpc) is 2.72. The van der Waals surface area contributed by atoms with Crippen LogP contribution in [-0.2, 0) is 15.1 Å². The van der Waals surface area contributed by atoms with Gasteiger partial charge in [0.2, 0.25) is 0 Å². The smallest absolute Gasteiger partial charge is 0.331 e. The van der Waals surface area contributed by atoms with Crippen molar-refractivity contribution in [2.75, 3.05) is 13.2 Å². The predicted molar refractivity (Wildman–Crippen MR) is 45.7 cm³/mol. The van der Waals surface area contributed by atoms with Crippen molar-refractivity contribution in [2.24, 2.45) is 0 Å². The monoisotopic (exact) mass is 197 g/mol. The molecule has 2 heterocycles. The molecule has 76 valence electrons. The van der Waals surface area contributed by atoms with Crippen LogP contribution in [0.3, 0.4) is 0 Å². The summed E-state index contributed by atoms with van der Waals surface area (Å²) in [6.45, 7) is 0.901. The first-order valence-electron chi connectivity index (χ1n) is 4.42. The molecule has 1 N–H and O–H groups in total. The van der Waals surface area contributed by atoms with Crippen molar-refractivity contribution in [3.05, 3.63) is 12.7 Å². The van der Waals surface area contributed by atoms with Gasteiger partial charge >= 0.3 is 5.97 Å². The minimum atomic E-state index is -0.964. The molecule has 1 saturated heterocycles. The third kappa shape index (κ3) is 1.27. The Morgan fingerprint density at radius 2 is 2.21 bits per heavy atom. The molecule has 0 amide bonds. The molecule has 0 spiro atoms. The molecule has 1 fully saturated rings. The van der Waals surface area contributed by atoms with E-state index in [-0.39, 0.29) is 0 Å². The van der Waals surface area contributed by atoms with Gasteiger partial charge in [-0.05, 0) is 0 Å². The minimum Gasteiger partial charge on any atom is -0.479 e. The molecule has 0 aliphatic carbocycles. The van der Waals surface area contributed by atoms with E-state index in [4.69, 9.17) is 4.74 Å². The fraction of sp³-hybridized carbons (Fsp3) is 0.625. The van der Waals surface area contributed by atoms with Gasteiger partial charge in [-0.15, -0.1) is 0 Å². The second kappa shape index (κ2) is 3.38. The molecule has 0 atom stereocenters. The Bertz CT molecular complexity index is 317. The first-order chi connectivity index (χ1) is 6.76. The zero-order valence-electron chi connectivity index (χ0n) is 7.59. The highest BCUT2D eigenvalue weighted by atomic mass is 16.5. The van der Waals surface area contributed by atoms with Gasteiger partial charge in [0, 0.05) is 26.1 Å². The maximum atomic E-state index is 11.2. The average molecular weight is 197 g/mol. The number of hydrogen-bond acceptors (Lipinski definition) is 4. The Morgan fingerprint density at radius 3 is 2.71 bits per heavy atom. The molecule has 0 radical (unpaired) electrons. The maximum absolute atomic E-state index is 11.2. The second-order valence-electron chi connectivity index (χ2n) is 3.29. The zero-order valence-corrected chi connectivity index (χ0v) is 7.59. The van der Waals surface area contributed by atoms with Crippen molar-refractivity contribution in [1.29, 1.82) is 0 Å². The van der Waals surface area contributed by atoms with E-state index in [9.17, 15) is 9.90 Å². The fourth-order valence-electron chi connectivity index (χ4n) is 1.68. The van der Waals surface area contributed by atoms with Crippen molar-refractivity contribution >= 4 is 5.97 Å². The first kappa shape index (κ1) is 9.14. The summed E-state index contributed by atoms with van der Waals surface area (Å²) in [6, 6.07) is 0. The van der Waals surface area contributed by atoms with Gasteiger partial charge in [-0.1, -0.05) is 0 Å². The van der Waals surface area contributed by atoms with Crippen molar-refractivity contribution < 1.29 is 14.6 Å². The maximum Gasteiger partial charge on any atom is 0.331 e. The highest BCUT2D eigenvalue weighted by molar-refractivity contribution is 5.76. The Morgan fingerprint density at radius 1 is 1.50 bits per heavy atom. The van der Waals surface area contributed by atoms with E-state index >= 15 is 0 Å². The van der Waals surface area contributed by atoms with Crippen molar-refractivity contribution in [2.45, 2.75) is 18.4 Å². The molecule has 1 aromatic heterocycles. The van der Waals surface area contributed by atoms with Gasteiger partial charge in [0.25, 0.3) is 0 Å². The van der Waals surface area contributed by atoms with E-state index in [0.717, 1.165) is 0 Å². The molecule has 0 aromatic carbocycles. The van der Waals surface area contributed by atoms with Crippen molar-refractivity contribution in [3.63, 3.8) is 0 Å². The van der Waals surface area contributed by atoms with Crippen LogP contribution in [0.25, 0.3) is 0 Å². The van der Waals surface area contributed by atoms with Gasteiger partial charge in [-0.25, -0.2) is 14.5 Å². The third-order valence-corrected chi connectivity index (χ3v) is 2.58. The molecule has 0 bridgehead atoms. The van der Waals surface area contributed by atoms with Crippen molar-refractivity contribution in [3.8, 4) is 0 Å². The standard InChI is InChI=1S/C8H11N3O3/c12-7(13)8(1-3-14-4-2-8)11-6-9-5-10-11/h5-6H,1-4H2,(H,12,13). The molecule has 6 heteroatoms. The number of ether oxygens (including phenoxy) is 1. The number of carboxylic acid groups (broad SMARTS) is 1. The van der Waals surface area contributed by atoms with Gasteiger partial charge in [0.1, 0.15) is 12.7 Å². The Labute approximate surface area is 80.5 Å². The van der Waals surface area contributed by atoms with Gasteiger partial charge in [0.15, 0.2) is 5.54 Å². The summed E-state index contributed by atoms with van der Waals surface area (Å²) in [5, 5.41) is 13.1. The molecule has 0 saturated carbocycles. The number of carboxylic acids is 1. The van der Waals surface area contributed by atoms with Crippen LogP contribution in [0.4, 0.5) is 0 Å². The Kier molecular flexibility index (Phi) is 2.20. The van der Waals surface area contributed by atoms with Crippen LogP contribution in [0.15, 0.2) is 12.7 Å². The van der Waals surface area contributed by atoms with Gasteiger partial charge in [-0.3, -0.25) is 0 Å². The van der Waals surface area contributed by atoms with Gasteiger partial charge < -0.3 is 9.84 Å². The SMILES string of the molecule is O=C(O)C1(n2cncn2)CCOCC1. The number of rotatable bonds is 2. The molecule has 0 unspecified atom stereocenters. The van der Waals surface area contributed by atoms with Gasteiger partial charge in [-0.2, -0.15) is 5.10 Å². The summed E-state index contributed by atoms with van der Waals surface area (Å²) in [5.74, 6) is -0.869. The molecular formula is C8H11N3O3. The Balaban J connectivity index is 2.35. The highest BCUT2D eigenvalue weighted by Gasteiger charge is 2.42. The van der Waals surface area contributed by atoms with E-state index in [1.807, 2.05) is 0 Å². The van der Waals surface area contributed by atoms with E-state index in [2.05, 4.69) is 10.1 Å². The molecule has 1 aromatic rings. The summed E-state index contributed by atoms with van der Waals surface area (Å²) in [6.07, 6.45) is 3.66.